The van der Waals surface area contributed by atoms with Crippen LogP contribution in [0.25, 0.3) is 0 Å². The Morgan fingerprint density at radius 1 is 1.08 bits per heavy atom. The van der Waals surface area contributed by atoms with E-state index in [1.807, 2.05) is 0 Å². The second kappa shape index (κ2) is 9.75. The molecule has 0 N–H and O–H groups in total. The molecule has 0 aliphatic heterocycles. The van der Waals surface area contributed by atoms with Crippen molar-refractivity contribution in [2.24, 2.45) is 0 Å². The lowest BCUT2D eigenvalue weighted by atomic mass is 10.3. The average molecular weight is 363 g/mol. The molecular formula is C16H20F3NO5. The Hall–Kier alpha value is -2.45. The summed E-state index contributed by atoms with van der Waals surface area (Å²) in [5.74, 6) is -1.66. The Morgan fingerprint density at radius 3 is 2.20 bits per heavy atom. The zero-order valence-electron chi connectivity index (χ0n) is 14.0. The summed E-state index contributed by atoms with van der Waals surface area (Å²) in [7, 11) is 1.50. The number of amides is 1. The van der Waals surface area contributed by atoms with Crippen molar-refractivity contribution in [2.45, 2.75) is 19.5 Å². The molecule has 0 unspecified atom stereocenters. The Kier molecular flexibility index (Phi) is 8.03. The Bertz CT molecular complexity index is 560. The van der Waals surface area contributed by atoms with Crippen LogP contribution in [0.2, 0.25) is 0 Å². The van der Waals surface area contributed by atoms with E-state index in [2.05, 4.69) is 4.74 Å². The first-order chi connectivity index (χ1) is 11.8. The molecule has 9 heteroatoms. The van der Waals surface area contributed by atoms with Gasteiger partial charge in [-0.1, -0.05) is 0 Å². The third-order valence-corrected chi connectivity index (χ3v) is 3.11. The van der Waals surface area contributed by atoms with Crippen LogP contribution in [0.15, 0.2) is 24.3 Å². The number of alkyl halides is 3. The summed E-state index contributed by atoms with van der Waals surface area (Å²) in [4.78, 5) is 23.3. The summed E-state index contributed by atoms with van der Waals surface area (Å²) in [6, 6.07) is 6.45. The number of carbonyl (C=O) groups is 2. The number of esters is 1. The van der Waals surface area contributed by atoms with Crippen molar-refractivity contribution in [1.29, 1.82) is 0 Å². The zero-order valence-corrected chi connectivity index (χ0v) is 14.0. The fraction of sp³-hybridized carbons (Fsp3) is 0.500. The number of hydrogen-bond donors (Lipinski definition) is 0. The van der Waals surface area contributed by atoms with Gasteiger partial charge in [0.15, 0.2) is 0 Å². The molecule has 0 atom stereocenters. The maximum atomic E-state index is 12.6. The molecule has 1 rings (SSSR count). The fourth-order valence-electron chi connectivity index (χ4n) is 1.90. The molecule has 25 heavy (non-hydrogen) atoms. The van der Waals surface area contributed by atoms with Gasteiger partial charge in [-0.25, -0.2) is 0 Å². The normalized spacial score (nSPS) is 10.9. The van der Waals surface area contributed by atoms with Crippen molar-refractivity contribution in [3.05, 3.63) is 24.3 Å². The summed E-state index contributed by atoms with van der Waals surface area (Å²) < 4.78 is 52.9. The van der Waals surface area contributed by atoms with Crippen LogP contribution in [0.1, 0.15) is 13.3 Å². The van der Waals surface area contributed by atoms with E-state index in [1.54, 1.807) is 31.2 Å². The number of rotatable bonds is 9. The molecule has 0 aliphatic carbocycles. The van der Waals surface area contributed by atoms with Crippen LogP contribution in [0.5, 0.6) is 11.5 Å². The number of nitrogens with zero attached hydrogens (tertiary/aromatic N) is 1. The summed E-state index contributed by atoms with van der Waals surface area (Å²) in [6.45, 7) is 0.829. The number of ether oxygens (including phenoxy) is 3. The van der Waals surface area contributed by atoms with Crippen molar-refractivity contribution in [3.63, 3.8) is 0 Å². The molecule has 1 aromatic carbocycles. The summed E-state index contributed by atoms with van der Waals surface area (Å²) >= 11 is 0. The van der Waals surface area contributed by atoms with Gasteiger partial charge < -0.3 is 19.1 Å². The highest BCUT2D eigenvalue weighted by Gasteiger charge is 2.42. The van der Waals surface area contributed by atoms with Crippen molar-refractivity contribution in [2.75, 3.05) is 33.4 Å². The minimum atomic E-state index is -5.02. The van der Waals surface area contributed by atoms with E-state index in [9.17, 15) is 22.8 Å². The molecule has 0 radical (unpaired) electrons. The van der Waals surface area contributed by atoms with E-state index >= 15 is 0 Å². The first kappa shape index (κ1) is 20.6. The molecule has 0 aliphatic rings. The van der Waals surface area contributed by atoms with Crippen LogP contribution >= 0.6 is 0 Å². The van der Waals surface area contributed by atoms with E-state index in [-0.39, 0.29) is 26.2 Å². The number of hydrogen-bond acceptors (Lipinski definition) is 5. The van der Waals surface area contributed by atoms with Crippen LogP contribution in [-0.2, 0) is 14.3 Å². The highest BCUT2D eigenvalue weighted by Crippen LogP contribution is 2.20. The monoisotopic (exact) mass is 363 g/mol. The van der Waals surface area contributed by atoms with E-state index in [1.165, 1.54) is 7.11 Å². The third kappa shape index (κ3) is 7.32. The predicted molar refractivity (Wildman–Crippen MR) is 82.4 cm³/mol. The predicted octanol–water partition coefficient (Wildman–Crippen LogP) is 2.42. The van der Waals surface area contributed by atoms with Gasteiger partial charge in [0.25, 0.3) is 0 Å². The number of benzene rings is 1. The molecule has 0 spiro atoms. The number of halogens is 3. The van der Waals surface area contributed by atoms with Gasteiger partial charge in [0, 0.05) is 6.54 Å². The second-order valence-corrected chi connectivity index (χ2v) is 4.87. The van der Waals surface area contributed by atoms with Crippen LogP contribution < -0.4 is 9.47 Å². The van der Waals surface area contributed by atoms with Crippen LogP contribution in [0.3, 0.4) is 0 Å². The standard InChI is InChI=1S/C16H20F3NO5/c1-3-24-14(21)8-9-20(15(22)16(17,18)19)10-11-25-13-6-4-12(23-2)5-7-13/h4-7H,3,8-11H2,1-2H3. The highest BCUT2D eigenvalue weighted by atomic mass is 19.4. The van der Waals surface area contributed by atoms with Gasteiger partial charge >= 0.3 is 18.1 Å². The summed E-state index contributed by atoms with van der Waals surface area (Å²) in [5.41, 5.74) is 0. The molecule has 1 amide bonds. The topological polar surface area (TPSA) is 65.1 Å². The number of carbonyl (C=O) groups excluding carboxylic acids is 2. The van der Waals surface area contributed by atoms with E-state index in [0.29, 0.717) is 16.4 Å². The zero-order chi connectivity index (χ0) is 18.9. The van der Waals surface area contributed by atoms with Gasteiger partial charge in [0.05, 0.1) is 26.7 Å². The largest absolute Gasteiger partial charge is 0.497 e. The van der Waals surface area contributed by atoms with Gasteiger partial charge in [0.2, 0.25) is 0 Å². The van der Waals surface area contributed by atoms with E-state index in [0.717, 1.165) is 0 Å². The lowest BCUT2D eigenvalue weighted by Gasteiger charge is -2.23. The maximum absolute atomic E-state index is 12.6. The Morgan fingerprint density at radius 2 is 1.68 bits per heavy atom. The molecule has 0 saturated heterocycles. The van der Waals surface area contributed by atoms with Gasteiger partial charge in [-0.05, 0) is 31.2 Å². The average Bonchev–Trinajstić information content (AvgIpc) is 2.57. The molecule has 0 aromatic heterocycles. The first-order valence-corrected chi connectivity index (χ1v) is 7.56. The van der Waals surface area contributed by atoms with Gasteiger partial charge in [-0.2, -0.15) is 13.2 Å². The molecule has 1 aromatic rings. The van der Waals surface area contributed by atoms with Crippen molar-refractivity contribution >= 4 is 11.9 Å². The van der Waals surface area contributed by atoms with E-state index < -0.39 is 24.6 Å². The number of methoxy groups -OCH3 is 1. The van der Waals surface area contributed by atoms with Gasteiger partial charge in [0.1, 0.15) is 18.1 Å². The Balaban J connectivity index is 2.59. The van der Waals surface area contributed by atoms with Crippen LogP contribution in [-0.4, -0.2) is 56.4 Å². The van der Waals surface area contributed by atoms with Crippen molar-refractivity contribution in [1.82, 2.24) is 4.90 Å². The Labute approximate surface area is 143 Å². The molecule has 140 valence electrons. The third-order valence-electron chi connectivity index (χ3n) is 3.11. The fourth-order valence-corrected chi connectivity index (χ4v) is 1.90. The molecule has 0 fully saturated rings. The summed E-state index contributed by atoms with van der Waals surface area (Å²) in [5, 5.41) is 0. The first-order valence-electron chi connectivity index (χ1n) is 7.56. The molecule has 0 heterocycles. The SMILES string of the molecule is CCOC(=O)CCN(CCOc1ccc(OC)cc1)C(=O)C(F)(F)F. The van der Waals surface area contributed by atoms with Crippen molar-refractivity contribution in [3.8, 4) is 11.5 Å². The molecular weight excluding hydrogens is 343 g/mol. The second-order valence-electron chi connectivity index (χ2n) is 4.87. The summed E-state index contributed by atoms with van der Waals surface area (Å²) in [6.07, 6.45) is -5.34. The molecule has 0 bridgehead atoms. The highest BCUT2D eigenvalue weighted by molar-refractivity contribution is 5.82. The quantitative estimate of drug-likeness (QED) is 0.631. The van der Waals surface area contributed by atoms with Gasteiger partial charge in [-0.3, -0.25) is 9.59 Å². The smallest absolute Gasteiger partial charge is 0.471 e. The van der Waals surface area contributed by atoms with Crippen molar-refractivity contribution < 1.29 is 37.0 Å². The minimum Gasteiger partial charge on any atom is -0.497 e. The van der Waals surface area contributed by atoms with Gasteiger partial charge in [-0.15, -0.1) is 0 Å². The maximum Gasteiger partial charge on any atom is 0.471 e. The lowest BCUT2D eigenvalue weighted by molar-refractivity contribution is -0.186. The molecule has 0 saturated carbocycles. The van der Waals surface area contributed by atoms with E-state index in [4.69, 9.17) is 9.47 Å². The lowest BCUT2D eigenvalue weighted by Crippen LogP contribution is -2.44. The minimum absolute atomic E-state index is 0.118. The van der Waals surface area contributed by atoms with Crippen LogP contribution in [0.4, 0.5) is 13.2 Å². The molecule has 6 nitrogen and oxygen atoms in total. The van der Waals surface area contributed by atoms with Crippen LogP contribution in [0, 0.1) is 0 Å².